The van der Waals surface area contributed by atoms with Crippen molar-refractivity contribution < 1.29 is 4.42 Å². The molecular formula is C61H42N2O. The van der Waals surface area contributed by atoms with E-state index < -0.39 is 0 Å². The van der Waals surface area contributed by atoms with Crippen LogP contribution in [0.15, 0.2) is 223 Å². The number of fused-ring (bicyclic) bond motifs is 6. The van der Waals surface area contributed by atoms with Gasteiger partial charge in [0.1, 0.15) is 11.2 Å². The number of furan rings is 1. The van der Waals surface area contributed by atoms with E-state index in [1.54, 1.807) is 0 Å². The van der Waals surface area contributed by atoms with Gasteiger partial charge in [0.15, 0.2) is 5.82 Å². The number of hydrogen-bond acceptors (Lipinski definition) is 3. The van der Waals surface area contributed by atoms with E-state index in [1.165, 1.54) is 38.9 Å². The topological polar surface area (TPSA) is 38.9 Å². The van der Waals surface area contributed by atoms with Gasteiger partial charge in [0, 0.05) is 38.4 Å². The van der Waals surface area contributed by atoms with Crippen LogP contribution < -0.4 is 0 Å². The number of benzene rings is 9. The third-order valence-electron chi connectivity index (χ3n) is 13.1. The molecule has 9 aromatic carbocycles. The van der Waals surface area contributed by atoms with Gasteiger partial charge in [-0.2, -0.15) is 0 Å². The summed E-state index contributed by atoms with van der Waals surface area (Å²) in [6.45, 7) is 4.69. The Hall–Kier alpha value is -8.14. The van der Waals surface area contributed by atoms with Gasteiger partial charge in [0.25, 0.3) is 0 Å². The molecule has 0 bridgehead atoms. The largest absolute Gasteiger partial charge is 0.455 e. The minimum atomic E-state index is -0.210. The minimum Gasteiger partial charge on any atom is -0.455 e. The van der Waals surface area contributed by atoms with Gasteiger partial charge in [-0.15, -0.1) is 0 Å². The van der Waals surface area contributed by atoms with Crippen molar-refractivity contribution in [2.75, 3.05) is 0 Å². The van der Waals surface area contributed by atoms with Crippen LogP contribution in [-0.2, 0) is 5.41 Å². The molecule has 0 amide bonds. The first-order valence-electron chi connectivity index (χ1n) is 22.0. The molecule has 64 heavy (non-hydrogen) atoms. The Morgan fingerprint density at radius 1 is 0.344 bits per heavy atom. The zero-order chi connectivity index (χ0) is 42.8. The lowest BCUT2D eigenvalue weighted by Gasteiger charge is -2.22. The van der Waals surface area contributed by atoms with E-state index in [4.69, 9.17) is 14.4 Å². The number of rotatable bonds is 7. The molecule has 0 aliphatic heterocycles. The summed E-state index contributed by atoms with van der Waals surface area (Å²) in [5.74, 6) is 0.680. The van der Waals surface area contributed by atoms with Gasteiger partial charge in [-0.25, -0.2) is 9.97 Å². The second-order valence-corrected chi connectivity index (χ2v) is 17.3. The summed E-state index contributed by atoms with van der Waals surface area (Å²) in [4.78, 5) is 10.7. The molecule has 302 valence electrons. The van der Waals surface area contributed by atoms with E-state index >= 15 is 0 Å². The van der Waals surface area contributed by atoms with Crippen molar-refractivity contribution in [1.82, 2.24) is 9.97 Å². The van der Waals surface area contributed by atoms with Crippen LogP contribution in [0.5, 0.6) is 0 Å². The van der Waals surface area contributed by atoms with Crippen molar-refractivity contribution in [2.45, 2.75) is 19.3 Å². The summed E-state index contributed by atoms with van der Waals surface area (Å²) in [6, 6.07) is 77.9. The van der Waals surface area contributed by atoms with Crippen LogP contribution in [0.25, 0.3) is 111 Å². The summed E-state index contributed by atoms with van der Waals surface area (Å²) < 4.78 is 6.64. The van der Waals surface area contributed by atoms with Crippen molar-refractivity contribution in [3.05, 3.63) is 230 Å². The summed E-state index contributed by atoms with van der Waals surface area (Å²) in [5, 5.41) is 2.20. The number of hydrogen-bond donors (Lipinski definition) is 0. The van der Waals surface area contributed by atoms with E-state index in [0.29, 0.717) is 5.82 Å². The van der Waals surface area contributed by atoms with Crippen LogP contribution in [0.3, 0.4) is 0 Å². The quantitative estimate of drug-likeness (QED) is 0.161. The van der Waals surface area contributed by atoms with E-state index in [0.717, 1.165) is 77.8 Å². The first-order chi connectivity index (χ1) is 31.5. The molecule has 3 heteroatoms. The minimum absolute atomic E-state index is 0.210. The molecule has 12 rings (SSSR count). The molecular weight excluding hydrogens is 777 g/mol. The van der Waals surface area contributed by atoms with Gasteiger partial charge in [0.05, 0.1) is 11.4 Å². The van der Waals surface area contributed by atoms with Crippen LogP contribution in [0.4, 0.5) is 0 Å². The van der Waals surface area contributed by atoms with Crippen LogP contribution >= 0.6 is 0 Å². The molecule has 0 spiro atoms. The standard InChI is InChI=1S/C61H42N2O/c1-61(2)53-29-16-26-48(40-19-8-4-9-20-40)58(53)52-32-31-44(37-54(52)61)55-38-56(63-60(62-55)41-21-10-5-11-22-41)47-35-45(43-24-14-23-42(33-43)39-17-6-3-7-18-39)34-46(36-47)49-27-15-28-51-50-25-12-13-30-57(50)64-59(49)51/h3-38H,1-2H3. The molecule has 1 aliphatic rings. The van der Waals surface area contributed by atoms with Crippen molar-refractivity contribution >= 4 is 21.9 Å². The predicted molar refractivity (Wildman–Crippen MR) is 265 cm³/mol. The molecule has 0 atom stereocenters. The van der Waals surface area contributed by atoms with E-state index in [2.05, 4.69) is 214 Å². The first-order valence-corrected chi connectivity index (χ1v) is 22.0. The highest BCUT2D eigenvalue weighted by Gasteiger charge is 2.37. The van der Waals surface area contributed by atoms with Gasteiger partial charge >= 0.3 is 0 Å². The van der Waals surface area contributed by atoms with Gasteiger partial charge in [-0.3, -0.25) is 0 Å². The van der Waals surface area contributed by atoms with Crippen LogP contribution in [0, 0.1) is 0 Å². The molecule has 0 saturated carbocycles. The fourth-order valence-corrected chi connectivity index (χ4v) is 9.85. The zero-order valence-corrected chi connectivity index (χ0v) is 35.6. The molecule has 0 N–H and O–H groups in total. The monoisotopic (exact) mass is 818 g/mol. The van der Waals surface area contributed by atoms with E-state index in [9.17, 15) is 0 Å². The lowest BCUT2D eigenvalue weighted by atomic mass is 9.81. The highest BCUT2D eigenvalue weighted by molar-refractivity contribution is 6.10. The van der Waals surface area contributed by atoms with Crippen LogP contribution in [-0.4, -0.2) is 9.97 Å². The average Bonchev–Trinajstić information content (AvgIpc) is 3.86. The Labute approximate surface area is 373 Å². The van der Waals surface area contributed by atoms with E-state index in [-0.39, 0.29) is 5.41 Å². The fraction of sp³-hybridized carbons (Fsp3) is 0.0492. The Balaban J connectivity index is 1.06. The highest BCUT2D eigenvalue weighted by Crippen LogP contribution is 2.53. The Kier molecular flexibility index (Phi) is 8.84. The SMILES string of the molecule is CC1(C)c2cc(-c3cc(-c4cc(-c5cccc(-c6ccccc6)c5)cc(-c5cccc6c5oc5ccccc56)c4)nc(-c4ccccc4)n3)ccc2-c2c(-c3ccccc3)cccc21. The third-order valence-corrected chi connectivity index (χ3v) is 13.1. The number of para-hydroxylation sites is 2. The molecule has 11 aromatic rings. The van der Waals surface area contributed by atoms with Crippen LogP contribution in [0.2, 0.25) is 0 Å². The molecule has 0 saturated heterocycles. The molecule has 0 radical (unpaired) electrons. The smallest absolute Gasteiger partial charge is 0.160 e. The molecule has 2 aromatic heterocycles. The molecule has 0 unspecified atom stereocenters. The maximum absolute atomic E-state index is 6.64. The maximum atomic E-state index is 6.64. The normalized spacial score (nSPS) is 12.7. The predicted octanol–water partition coefficient (Wildman–Crippen LogP) is 16.4. The van der Waals surface area contributed by atoms with Gasteiger partial charge < -0.3 is 4.42 Å². The Morgan fingerprint density at radius 2 is 0.906 bits per heavy atom. The zero-order valence-electron chi connectivity index (χ0n) is 35.6. The van der Waals surface area contributed by atoms with Gasteiger partial charge in [0.2, 0.25) is 0 Å². The lowest BCUT2D eigenvalue weighted by Crippen LogP contribution is -2.15. The number of nitrogens with zero attached hydrogens (tertiary/aromatic N) is 2. The summed E-state index contributed by atoms with van der Waals surface area (Å²) in [6.07, 6.45) is 0. The van der Waals surface area contributed by atoms with Crippen molar-refractivity contribution in [2.24, 2.45) is 0 Å². The maximum Gasteiger partial charge on any atom is 0.160 e. The second-order valence-electron chi connectivity index (χ2n) is 17.3. The van der Waals surface area contributed by atoms with E-state index in [1.807, 2.05) is 18.2 Å². The number of aromatic nitrogens is 2. The van der Waals surface area contributed by atoms with Crippen LogP contribution in [0.1, 0.15) is 25.0 Å². The van der Waals surface area contributed by atoms with Gasteiger partial charge in [-0.1, -0.05) is 190 Å². The van der Waals surface area contributed by atoms with Crippen molar-refractivity contribution in [3.63, 3.8) is 0 Å². The van der Waals surface area contributed by atoms with Gasteiger partial charge in [-0.05, 0) is 104 Å². The summed E-state index contributed by atoms with van der Waals surface area (Å²) in [5.41, 5.74) is 20.6. The Morgan fingerprint density at radius 3 is 1.69 bits per heavy atom. The summed E-state index contributed by atoms with van der Waals surface area (Å²) in [7, 11) is 0. The Bertz CT molecular complexity index is 3570. The first kappa shape index (κ1) is 37.6. The van der Waals surface area contributed by atoms with Crippen molar-refractivity contribution in [1.29, 1.82) is 0 Å². The molecule has 2 heterocycles. The van der Waals surface area contributed by atoms with Crippen molar-refractivity contribution in [3.8, 4) is 89.5 Å². The molecule has 1 aliphatic carbocycles. The lowest BCUT2D eigenvalue weighted by molar-refractivity contribution is 0.660. The fourth-order valence-electron chi connectivity index (χ4n) is 9.85. The third kappa shape index (κ3) is 6.36. The molecule has 3 nitrogen and oxygen atoms in total. The summed E-state index contributed by atoms with van der Waals surface area (Å²) >= 11 is 0. The average molecular weight is 819 g/mol. The molecule has 0 fully saturated rings. The second kappa shape index (κ2) is 15.0. The highest BCUT2D eigenvalue weighted by atomic mass is 16.3.